The molecule has 0 spiro atoms. The Balaban J connectivity index is 1.96. The van der Waals surface area contributed by atoms with Crippen molar-refractivity contribution in [2.75, 3.05) is 20.1 Å². The van der Waals surface area contributed by atoms with Crippen molar-refractivity contribution >= 4 is 0 Å². The van der Waals surface area contributed by atoms with Crippen LogP contribution in [0, 0.1) is 12.7 Å². The number of halogens is 1. The number of hydrogen-bond donors (Lipinski definition) is 1. The molecule has 0 aliphatic carbocycles. The average molecular weight is 278 g/mol. The lowest BCUT2D eigenvalue weighted by atomic mass is 10.0. The largest absolute Gasteiger partial charge is 0.313 e. The Morgan fingerprint density at radius 2 is 2.25 bits per heavy atom. The number of nitrogens with one attached hydrogen (secondary N) is 1. The van der Waals surface area contributed by atoms with Crippen molar-refractivity contribution in [1.82, 2.24) is 10.2 Å². The lowest BCUT2D eigenvalue weighted by molar-refractivity contribution is 0.235. The van der Waals surface area contributed by atoms with Gasteiger partial charge in [-0.1, -0.05) is 19.1 Å². The van der Waals surface area contributed by atoms with Crippen molar-refractivity contribution in [2.45, 2.75) is 51.6 Å². The van der Waals surface area contributed by atoms with E-state index < -0.39 is 0 Å². The van der Waals surface area contributed by atoms with Gasteiger partial charge in [0.25, 0.3) is 0 Å². The van der Waals surface area contributed by atoms with Crippen LogP contribution in [0.15, 0.2) is 18.2 Å². The first-order chi connectivity index (χ1) is 9.65. The molecule has 2 unspecified atom stereocenters. The molecular weight excluding hydrogens is 251 g/mol. The molecule has 0 amide bonds. The molecule has 3 heteroatoms. The summed E-state index contributed by atoms with van der Waals surface area (Å²) in [5.41, 5.74) is 1.78. The SMILES string of the molecule is CCC1CCCN1CCC(NC)c1ccc(C)c(F)c1. The standard InChI is InChI=1S/C17H27FN2/c1-4-15-6-5-10-20(15)11-9-17(19-3)14-8-7-13(2)16(18)12-14/h7-8,12,15,17,19H,4-6,9-11H2,1-3H3. The number of aryl methyl sites for hydroxylation is 1. The minimum absolute atomic E-state index is 0.102. The normalized spacial score (nSPS) is 21.3. The van der Waals surface area contributed by atoms with Gasteiger partial charge in [-0.25, -0.2) is 4.39 Å². The third kappa shape index (κ3) is 3.58. The molecule has 0 saturated carbocycles. The van der Waals surface area contributed by atoms with E-state index in [9.17, 15) is 4.39 Å². The number of likely N-dealkylation sites (tertiary alicyclic amines) is 1. The van der Waals surface area contributed by atoms with Crippen LogP contribution in [0.3, 0.4) is 0 Å². The van der Waals surface area contributed by atoms with E-state index in [2.05, 4.69) is 17.1 Å². The van der Waals surface area contributed by atoms with Crippen molar-refractivity contribution < 1.29 is 4.39 Å². The van der Waals surface area contributed by atoms with Crippen LogP contribution >= 0.6 is 0 Å². The summed E-state index contributed by atoms with van der Waals surface area (Å²) in [5.74, 6) is -0.102. The van der Waals surface area contributed by atoms with Crippen LogP contribution < -0.4 is 5.32 Å². The summed E-state index contributed by atoms with van der Waals surface area (Å²) in [6, 6.07) is 6.59. The van der Waals surface area contributed by atoms with Crippen LogP contribution in [0.25, 0.3) is 0 Å². The Labute approximate surface area is 122 Å². The average Bonchev–Trinajstić information content (AvgIpc) is 2.90. The predicted molar refractivity (Wildman–Crippen MR) is 82.4 cm³/mol. The molecule has 1 saturated heterocycles. The Morgan fingerprint density at radius 1 is 1.45 bits per heavy atom. The van der Waals surface area contributed by atoms with Gasteiger partial charge < -0.3 is 10.2 Å². The third-order valence-electron chi connectivity index (χ3n) is 4.62. The molecule has 1 N–H and O–H groups in total. The van der Waals surface area contributed by atoms with E-state index in [4.69, 9.17) is 0 Å². The van der Waals surface area contributed by atoms with Gasteiger partial charge in [0.2, 0.25) is 0 Å². The number of hydrogen-bond acceptors (Lipinski definition) is 2. The van der Waals surface area contributed by atoms with Crippen LogP contribution in [0.1, 0.15) is 49.8 Å². The Kier molecular flexibility index (Phi) is 5.55. The second-order valence-corrected chi connectivity index (χ2v) is 5.88. The molecule has 1 aromatic carbocycles. The summed E-state index contributed by atoms with van der Waals surface area (Å²) >= 11 is 0. The first kappa shape index (κ1) is 15.5. The Morgan fingerprint density at radius 3 is 2.90 bits per heavy atom. The maximum Gasteiger partial charge on any atom is 0.126 e. The van der Waals surface area contributed by atoms with Crippen LogP contribution in [0.5, 0.6) is 0 Å². The van der Waals surface area contributed by atoms with Gasteiger partial charge in [0, 0.05) is 18.6 Å². The lowest BCUT2D eigenvalue weighted by Crippen LogP contribution is -2.32. The van der Waals surface area contributed by atoms with Gasteiger partial charge in [-0.2, -0.15) is 0 Å². The van der Waals surface area contributed by atoms with Gasteiger partial charge in [-0.15, -0.1) is 0 Å². The Hall–Kier alpha value is -0.930. The summed E-state index contributed by atoms with van der Waals surface area (Å²) in [7, 11) is 1.96. The molecule has 1 aromatic rings. The molecule has 112 valence electrons. The zero-order valence-electron chi connectivity index (χ0n) is 13.0. The highest BCUT2D eigenvalue weighted by Crippen LogP contribution is 2.24. The zero-order valence-corrected chi connectivity index (χ0v) is 13.0. The van der Waals surface area contributed by atoms with E-state index in [1.807, 2.05) is 26.1 Å². The fourth-order valence-electron chi connectivity index (χ4n) is 3.25. The monoisotopic (exact) mass is 278 g/mol. The topological polar surface area (TPSA) is 15.3 Å². The summed E-state index contributed by atoms with van der Waals surface area (Å²) < 4.78 is 13.7. The molecule has 20 heavy (non-hydrogen) atoms. The molecule has 2 atom stereocenters. The first-order valence-corrected chi connectivity index (χ1v) is 7.83. The van der Waals surface area contributed by atoms with Crippen molar-refractivity contribution in [1.29, 1.82) is 0 Å². The Bertz CT molecular complexity index is 433. The van der Waals surface area contributed by atoms with Gasteiger partial charge in [0.1, 0.15) is 5.82 Å². The molecule has 2 nitrogen and oxygen atoms in total. The van der Waals surface area contributed by atoms with Gasteiger partial charge in [-0.05, 0) is 63.4 Å². The second-order valence-electron chi connectivity index (χ2n) is 5.88. The van der Waals surface area contributed by atoms with Crippen molar-refractivity contribution in [3.8, 4) is 0 Å². The molecule has 1 aliphatic rings. The van der Waals surface area contributed by atoms with Crippen molar-refractivity contribution in [3.05, 3.63) is 35.1 Å². The summed E-state index contributed by atoms with van der Waals surface area (Å²) in [5, 5.41) is 3.33. The van der Waals surface area contributed by atoms with Crippen molar-refractivity contribution in [3.63, 3.8) is 0 Å². The fourth-order valence-corrected chi connectivity index (χ4v) is 3.25. The van der Waals surface area contributed by atoms with E-state index in [1.165, 1.54) is 25.8 Å². The minimum atomic E-state index is -0.102. The predicted octanol–water partition coefficient (Wildman–Crippen LogP) is 3.66. The van der Waals surface area contributed by atoms with E-state index in [1.54, 1.807) is 6.07 Å². The highest BCUT2D eigenvalue weighted by Gasteiger charge is 2.23. The van der Waals surface area contributed by atoms with E-state index >= 15 is 0 Å². The second kappa shape index (κ2) is 7.19. The van der Waals surface area contributed by atoms with Gasteiger partial charge in [0.15, 0.2) is 0 Å². The number of nitrogens with zero attached hydrogens (tertiary/aromatic N) is 1. The maximum atomic E-state index is 13.7. The van der Waals surface area contributed by atoms with Crippen LogP contribution in [-0.4, -0.2) is 31.1 Å². The molecule has 1 aliphatic heterocycles. The molecule has 1 heterocycles. The molecule has 0 aromatic heterocycles. The molecular formula is C17H27FN2. The van der Waals surface area contributed by atoms with E-state index in [0.717, 1.165) is 24.6 Å². The number of benzene rings is 1. The van der Waals surface area contributed by atoms with Gasteiger partial charge in [0.05, 0.1) is 0 Å². The van der Waals surface area contributed by atoms with Crippen molar-refractivity contribution in [2.24, 2.45) is 0 Å². The quantitative estimate of drug-likeness (QED) is 0.854. The van der Waals surface area contributed by atoms with E-state index in [0.29, 0.717) is 5.56 Å². The highest BCUT2D eigenvalue weighted by atomic mass is 19.1. The molecule has 2 rings (SSSR count). The summed E-state index contributed by atoms with van der Waals surface area (Å²) in [4.78, 5) is 2.59. The molecule has 0 bridgehead atoms. The summed E-state index contributed by atoms with van der Waals surface area (Å²) in [6.07, 6.45) is 4.93. The molecule has 1 fully saturated rings. The van der Waals surface area contributed by atoms with E-state index in [-0.39, 0.29) is 11.9 Å². The third-order valence-corrected chi connectivity index (χ3v) is 4.62. The maximum absolute atomic E-state index is 13.7. The lowest BCUT2D eigenvalue weighted by Gasteiger charge is -2.26. The van der Waals surface area contributed by atoms with Crippen LogP contribution in [-0.2, 0) is 0 Å². The summed E-state index contributed by atoms with van der Waals surface area (Å²) in [6.45, 7) is 6.40. The zero-order chi connectivity index (χ0) is 14.5. The fraction of sp³-hybridized carbons (Fsp3) is 0.647. The highest BCUT2D eigenvalue weighted by molar-refractivity contribution is 5.25. The number of rotatable bonds is 6. The first-order valence-electron chi connectivity index (χ1n) is 7.83. The smallest absolute Gasteiger partial charge is 0.126 e. The van der Waals surface area contributed by atoms with Crippen LogP contribution in [0.4, 0.5) is 4.39 Å². The van der Waals surface area contributed by atoms with Gasteiger partial charge >= 0.3 is 0 Å². The molecule has 0 radical (unpaired) electrons. The van der Waals surface area contributed by atoms with Crippen LogP contribution in [0.2, 0.25) is 0 Å². The van der Waals surface area contributed by atoms with Gasteiger partial charge in [-0.3, -0.25) is 0 Å². The minimum Gasteiger partial charge on any atom is -0.313 e.